The van der Waals surface area contributed by atoms with E-state index in [2.05, 4.69) is 54.0 Å². The Hall–Kier alpha value is -1.35. The maximum Gasteiger partial charge on any atom is 0.0577 e. The van der Waals surface area contributed by atoms with Crippen LogP contribution in [0.25, 0.3) is 0 Å². The summed E-state index contributed by atoms with van der Waals surface area (Å²) < 4.78 is 0. The number of hydrogen-bond acceptors (Lipinski definition) is 2. The van der Waals surface area contributed by atoms with Gasteiger partial charge in [-0.05, 0) is 29.8 Å². The Balaban J connectivity index is 2.13. The molecule has 0 fully saturated rings. The first-order valence-corrected chi connectivity index (χ1v) is 7.43. The molecular formula is C17H21ClN2. The van der Waals surface area contributed by atoms with E-state index < -0.39 is 0 Å². The smallest absolute Gasteiger partial charge is 0.0577 e. The third-order valence-corrected chi connectivity index (χ3v) is 3.49. The van der Waals surface area contributed by atoms with Crippen LogP contribution in [-0.4, -0.2) is 19.6 Å². The standard InChI is InChI=1S/C17H21ClN2/c1-2-19-12-13-20-17(14-6-4-3-5-7-14)15-8-10-16(18)11-9-15/h3-11,17,19-20H,2,12-13H2,1H3. The van der Waals surface area contributed by atoms with Crippen molar-refractivity contribution in [1.29, 1.82) is 0 Å². The topological polar surface area (TPSA) is 24.1 Å². The van der Waals surface area contributed by atoms with Crippen LogP contribution in [-0.2, 0) is 0 Å². The first-order chi connectivity index (χ1) is 9.81. The highest BCUT2D eigenvalue weighted by Gasteiger charge is 2.12. The molecule has 0 bridgehead atoms. The summed E-state index contributed by atoms with van der Waals surface area (Å²) in [6.45, 7) is 5.01. The lowest BCUT2D eigenvalue weighted by molar-refractivity contribution is 0.574. The zero-order chi connectivity index (χ0) is 14.2. The third kappa shape index (κ3) is 4.34. The molecule has 0 amide bonds. The van der Waals surface area contributed by atoms with Crippen molar-refractivity contribution in [3.8, 4) is 0 Å². The van der Waals surface area contributed by atoms with Gasteiger partial charge in [0.1, 0.15) is 0 Å². The summed E-state index contributed by atoms with van der Waals surface area (Å²) in [7, 11) is 0. The van der Waals surface area contributed by atoms with Gasteiger partial charge in [-0.25, -0.2) is 0 Å². The lowest BCUT2D eigenvalue weighted by Gasteiger charge is -2.20. The Morgan fingerprint density at radius 2 is 1.55 bits per heavy atom. The van der Waals surface area contributed by atoms with Crippen LogP contribution in [0.4, 0.5) is 0 Å². The van der Waals surface area contributed by atoms with E-state index >= 15 is 0 Å². The van der Waals surface area contributed by atoms with E-state index in [4.69, 9.17) is 11.6 Å². The Bertz CT molecular complexity index is 496. The fourth-order valence-corrected chi connectivity index (χ4v) is 2.34. The van der Waals surface area contributed by atoms with E-state index in [9.17, 15) is 0 Å². The van der Waals surface area contributed by atoms with Gasteiger partial charge in [-0.2, -0.15) is 0 Å². The average Bonchev–Trinajstić information content (AvgIpc) is 2.50. The largest absolute Gasteiger partial charge is 0.316 e. The first kappa shape index (κ1) is 15.0. The SMILES string of the molecule is CCNCCNC(c1ccccc1)c1ccc(Cl)cc1. The molecule has 0 saturated carbocycles. The lowest BCUT2D eigenvalue weighted by Crippen LogP contribution is -2.30. The molecule has 106 valence electrons. The lowest BCUT2D eigenvalue weighted by atomic mass is 9.99. The Kier molecular flexibility index (Phi) is 6.06. The molecule has 0 aliphatic rings. The van der Waals surface area contributed by atoms with Crippen LogP contribution in [0.5, 0.6) is 0 Å². The number of rotatable bonds is 7. The van der Waals surface area contributed by atoms with E-state index in [1.165, 1.54) is 11.1 Å². The molecule has 2 N–H and O–H groups in total. The van der Waals surface area contributed by atoms with Gasteiger partial charge in [0.25, 0.3) is 0 Å². The van der Waals surface area contributed by atoms with Crippen LogP contribution in [0.1, 0.15) is 24.1 Å². The number of likely N-dealkylation sites (N-methyl/N-ethyl adjacent to an activating group) is 1. The number of hydrogen-bond donors (Lipinski definition) is 2. The summed E-state index contributed by atoms with van der Waals surface area (Å²) in [4.78, 5) is 0. The number of nitrogens with one attached hydrogen (secondary N) is 2. The zero-order valence-corrected chi connectivity index (χ0v) is 12.5. The molecule has 2 nitrogen and oxygen atoms in total. The second kappa shape index (κ2) is 8.05. The minimum atomic E-state index is 0.201. The molecule has 0 spiro atoms. The molecule has 1 unspecified atom stereocenters. The number of benzene rings is 2. The monoisotopic (exact) mass is 288 g/mol. The highest BCUT2D eigenvalue weighted by Crippen LogP contribution is 2.23. The van der Waals surface area contributed by atoms with Crippen LogP contribution in [0.3, 0.4) is 0 Å². The quantitative estimate of drug-likeness (QED) is 0.760. The molecule has 0 heterocycles. The summed E-state index contributed by atoms with van der Waals surface area (Å²) in [5, 5.41) is 7.70. The number of halogens is 1. The van der Waals surface area contributed by atoms with Crippen molar-refractivity contribution in [2.75, 3.05) is 19.6 Å². The highest BCUT2D eigenvalue weighted by molar-refractivity contribution is 6.30. The maximum absolute atomic E-state index is 5.98. The van der Waals surface area contributed by atoms with E-state index in [-0.39, 0.29) is 6.04 Å². The third-order valence-electron chi connectivity index (χ3n) is 3.24. The second-order valence-electron chi connectivity index (χ2n) is 4.70. The zero-order valence-electron chi connectivity index (χ0n) is 11.8. The molecule has 1 atom stereocenters. The highest BCUT2D eigenvalue weighted by atomic mass is 35.5. The second-order valence-corrected chi connectivity index (χ2v) is 5.14. The van der Waals surface area contributed by atoms with E-state index in [1.807, 2.05) is 18.2 Å². The first-order valence-electron chi connectivity index (χ1n) is 7.05. The molecular weight excluding hydrogens is 268 g/mol. The van der Waals surface area contributed by atoms with Crippen molar-refractivity contribution in [1.82, 2.24) is 10.6 Å². The Morgan fingerprint density at radius 3 is 2.20 bits per heavy atom. The predicted molar refractivity (Wildman–Crippen MR) is 86.3 cm³/mol. The molecule has 0 saturated heterocycles. The summed E-state index contributed by atoms with van der Waals surface area (Å²) >= 11 is 5.98. The fraction of sp³-hybridized carbons (Fsp3) is 0.294. The van der Waals surface area contributed by atoms with Gasteiger partial charge >= 0.3 is 0 Å². The average molecular weight is 289 g/mol. The molecule has 0 aliphatic carbocycles. The van der Waals surface area contributed by atoms with Gasteiger partial charge in [0.05, 0.1) is 6.04 Å². The van der Waals surface area contributed by atoms with Crippen molar-refractivity contribution in [2.24, 2.45) is 0 Å². The van der Waals surface area contributed by atoms with Gasteiger partial charge in [0.15, 0.2) is 0 Å². The van der Waals surface area contributed by atoms with Crippen LogP contribution < -0.4 is 10.6 Å². The van der Waals surface area contributed by atoms with Crippen molar-refractivity contribution < 1.29 is 0 Å². The fourth-order valence-electron chi connectivity index (χ4n) is 2.21. The van der Waals surface area contributed by atoms with Gasteiger partial charge in [-0.1, -0.05) is 61.0 Å². The normalized spacial score (nSPS) is 12.3. The van der Waals surface area contributed by atoms with Gasteiger partial charge in [0, 0.05) is 18.1 Å². The Labute approximate surface area is 126 Å². The van der Waals surface area contributed by atoms with Crippen molar-refractivity contribution in [2.45, 2.75) is 13.0 Å². The van der Waals surface area contributed by atoms with E-state index in [1.54, 1.807) is 0 Å². The molecule has 3 heteroatoms. The minimum Gasteiger partial charge on any atom is -0.316 e. The van der Waals surface area contributed by atoms with Gasteiger partial charge in [0.2, 0.25) is 0 Å². The summed E-state index contributed by atoms with van der Waals surface area (Å²) in [6, 6.07) is 18.7. The molecule has 0 aliphatic heterocycles. The van der Waals surface area contributed by atoms with E-state index in [0.717, 1.165) is 24.7 Å². The predicted octanol–water partition coefficient (Wildman–Crippen LogP) is 3.63. The van der Waals surface area contributed by atoms with Crippen molar-refractivity contribution in [3.05, 3.63) is 70.7 Å². The Morgan fingerprint density at radius 1 is 0.900 bits per heavy atom. The van der Waals surface area contributed by atoms with Crippen LogP contribution >= 0.6 is 11.6 Å². The molecule has 2 aromatic carbocycles. The molecule has 20 heavy (non-hydrogen) atoms. The van der Waals surface area contributed by atoms with Crippen LogP contribution in [0.15, 0.2) is 54.6 Å². The minimum absolute atomic E-state index is 0.201. The van der Waals surface area contributed by atoms with Gasteiger partial charge < -0.3 is 10.6 Å². The summed E-state index contributed by atoms with van der Waals surface area (Å²) in [5.41, 5.74) is 2.50. The summed E-state index contributed by atoms with van der Waals surface area (Å²) in [6.07, 6.45) is 0. The van der Waals surface area contributed by atoms with Crippen LogP contribution in [0, 0.1) is 0 Å². The molecule has 2 aromatic rings. The molecule has 0 radical (unpaired) electrons. The van der Waals surface area contributed by atoms with Crippen LogP contribution in [0.2, 0.25) is 5.02 Å². The maximum atomic E-state index is 5.98. The van der Waals surface area contributed by atoms with E-state index in [0.29, 0.717) is 0 Å². The van der Waals surface area contributed by atoms with Gasteiger partial charge in [-0.15, -0.1) is 0 Å². The van der Waals surface area contributed by atoms with Gasteiger partial charge in [-0.3, -0.25) is 0 Å². The summed E-state index contributed by atoms with van der Waals surface area (Å²) in [5.74, 6) is 0. The van der Waals surface area contributed by atoms with Crippen molar-refractivity contribution in [3.63, 3.8) is 0 Å². The molecule has 2 rings (SSSR count). The van der Waals surface area contributed by atoms with Crippen molar-refractivity contribution >= 4 is 11.6 Å². The molecule has 0 aromatic heterocycles.